The summed E-state index contributed by atoms with van der Waals surface area (Å²) in [6.07, 6.45) is -4.61. The van der Waals surface area contributed by atoms with Crippen LogP contribution in [0.25, 0.3) is 0 Å². The standard InChI is InChI=1S/C20H17F4N3O2S/c1-2-27-17(28)11-16(18(29)25-14-8-6-13(21)7-9-14)30-19(27)26-15-5-3-4-12(10-15)20(22,23)24/h3-10,16H,2,11H2,1H3,(H,25,29)/t16-/m0/s1. The molecule has 1 atom stereocenters. The Kier molecular flexibility index (Phi) is 6.45. The van der Waals surface area contributed by atoms with E-state index >= 15 is 0 Å². The minimum Gasteiger partial charge on any atom is -0.325 e. The summed E-state index contributed by atoms with van der Waals surface area (Å²) in [5.74, 6) is -1.29. The number of amidine groups is 1. The number of thioether (sulfide) groups is 1. The number of nitrogens with zero attached hydrogens (tertiary/aromatic N) is 2. The van der Waals surface area contributed by atoms with E-state index in [1.807, 2.05) is 0 Å². The third-order valence-corrected chi connectivity index (χ3v) is 5.45. The Morgan fingerprint density at radius 3 is 2.57 bits per heavy atom. The van der Waals surface area contributed by atoms with Crippen LogP contribution in [0.2, 0.25) is 0 Å². The zero-order valence-corrected chi connectivity index (χ0v) is 16.6. The molecule has 0 saturated carbocycles. The quantitative estimate of drug-likeness (QED) is 0.695. The summed E-state index contributed by atoms with van der Waals surface area (Å²) in [4.78, 5) is 30.6. The Balaban J connectivity index is 1.84. The Bertz CT molecular complexity index is 977. The molecule has 1 fully saturated rings. The van der Waals surface area contributed by atoms with E-state index < -0.39 is 28.7 Å². The summed E-state index contributed by atoms with van der Waals surface area (Å²) < 4.78 is 51.9. The molecule has 30 heavy (non-hydrogen) atoms. The van der Waals surface area contributed by atoms with E-state index in [-0.39, 0.29) is 29.7 Å². The molecule has 0 aromatic heterocycles. The Hall–Kier alpha value is -2.88. The summed E-state index contributed by atoms with van der Waals surface area (Å²) in [7, 11) is 0. The van der Waals surface area contributed by atoms with Crippen molar-refractivity contribution < 1.29 is 27.2 Å². The fourth-order valence-corrected chi connectivity index (χ4v) is 3.93. The van der Waals surface area contributed by atoms with E-state index in [4.69, 9.17) is 0 Å². The smallest absolute Gasteiger partial charge is 0.325 e. The van der Waals surface area contributed by atoms with Crippen LogP contribution in [0.3, 0.4) is 0 Å². The summed E-state index contributed by atoms with van der Waals surface area (Å²) in [6.45, 7) is 1.97. The zero-order valence-electron chi connectivity index (χ0n) is 15.7. The number of hydrogen-bond donors (Lipinski definition) is 1. The summed E-state index contributed by atoms with van der Waals surface area (Å²) in [5.41, 5.74) is -0.466. The minimum atomic E-state index is -4.52. The molecule has 3 rings (SSSR count). The molecule has 1 heterocycles. The van der Waals surface area contributed by atoms with Crippen molar-refractivity contribution in [2.24, 2.45) is 4.99 Å². The van der Waals surface area contributed by atoms with Gasteiger partial charge in [0.15, 0.2) is 5.17 Å². The number of benzene rings is 2. The molecule has 1 aliphatic heterocycles. The first-order chi connectivity index (χ1) is 14.2. The lowest BCUT2D eigenvalue weighted by atomic mass is 10.2. The van der Waals surface area contributed by atoms with Gasteiger partial charge in [0.1, 0.15) is 11.1 Å². The summed E-state index contributed by atoms with van der Waals surface area (Å²) in [5, 5.41) is 1.93. The molecule has 10 heteroatoms. The van der Waals surface area contributed by atoms with Crippen LogP contribution in [0.15, 0.2) is 53.5 Å². The number of halogens is 4. The maximum Gasteiger partial charge on any atom is 0.416 e. The van der Waals surface area contributed by atoms with E-state index in [1.165, 1.54) is 41.3 Å². The fourth-order valence-electron chi connectivity index (χ4n) is 2.77. The molecule has 158 valence electrons. The largest absolute Gasteiger partial charge is 0.416 e. The van der Waals surface area contributed by atoms with Gasteiger partial charge in [-0.15, -0.1) is 0 Å². The highest BCUT2D eigenvalue weighted by Gasteiger charge is 2.35. The predicted molar refractivity (Wildman–Crippen MR) is 107 cm³/mol. The van der Waals surface area contributed by atoms with Gasteiger partial charge < -0.3 is 5.32 Å². The van der Waals surface area contributed by atoms with Crippen LogP contribution in [-0.2, 0) is 15.8 Å². The first kappa shape index (κ1) is 21.8. The second kappa shape index (κ2) is 8.86. The van der Waals surface area contributed by atoms with E-state index in [0.29, 0.717) is 5.69 Å². The molecule has 2 amide bonds. The molecule has 0 bridgehead atoms. The first-order valence-electron chi connectivity index (χ1n) is 8.96. The van der Waals surface area contributed by atoms with Gasteiger partial charge in [-0.05, 0) is 49.4 Å². The van der Waals surface area contributed by atoms with Crippen LogP contribution in [0.1, 0.15) is 18.9 Å². The number of hydrogen-bond acceptors (Lipinski definition) is 4. The SMILES string of the molecule is CCN1C(=O)C[C@@H](C(=O)Nc2ccc(F)cc2)SC1=Nc1cccc(C(F)(F)F)c1. The molecule has 5 nitrogen and oxygen atoms in total. The van der Waals surface area contributed by atoms with Crippen LogP contribution < -0.4 is 5.32 Å². The number of amides is 2. The number of rotatable bonds is 4. The zero-order chi connectivity index (χ0) is 21.9. The van der Waals surface area contributed by atoms with Crippen molar-refractivity contribution in [1.82, 2.24) is 4.90 Å². The van der Waals surface area contributed by atoms with Crippen LogP contribution in [0.5, 0.6) is 0 Å². The fraction of sp³-hybridized carbons (Fsp3) is 0.250. The second-order valence-electron chi connectivity index (χ2n) is 6.39. The molecule has 1 aliphatic rings. The van der Waals surface area contributed by atoms with Crippen LogP contribution >= 0.6 is 11.8 Å². The lowest BCUT2D eigenvalue weighted by molar-refractivity contribution is -0.137. The van der Waals surface area contributed by atoms with E-state index in [1.54, 1.807) is 6.92 Å². The molecular weight excluding hydrogens is 422 g/mol. The predicted octanol–water partition coefficient (Wildman–Crippen LogP) is 4.82. The highest BCUT2D eigenvalue weighted by Crippen LogP contribution is 2.33. The van der Waals surface area contributed by atoms with Crippen LogP contribution in [0.4, 0.5) is 28.9 Å². The van der Waals surface area contributed by atoms with E-state index in [0.717, 1.165) is 23.9 Å². The molecule has 0 unspecified atom stereocenters. The summed E-state index contributed by atoms with van der Waals surface area (Å²) >= 11 is 0.994. The first-order valence-corrected chi connectivity index (χ1v) is 9.84. The van der Waals surface area contributed by atoms with E-state index in [2.05, 4.69) is 10.3 Å². The molecule has 1 N–H and O–H groups in total. The molecule has 0 aliphatic carbocycles. The number of anilines is 1. The van der Waals surface area contributed by atoms with Gasteiger partial charge in [0.25, 0.3) is 0 Å². The van der Waals surface area contributed by atoms with Gasteiger partial charge >= 0.3 is 6.18 Å². The van der Waals surface area contributed by atoms with Crippen molar-refractivity contribution in [3.63, 3.8) is 0 Å². The third kappa shape index (κ3) is 5.18. The van der Waals surface area contributed by atoms with Crippen molar-refractivity contribution in [2.45, 2.75) is 24.8 Å². The molecule has 2 aromatic carbocycles. The van der Waals surface area contributed by atoms with Gasteiger partial charge in [0.2, 0.25) is 11.8 Å². The normalized spacial score (nSPS) is 18.6. The third-order valence-electron chi connectivity index (χ3n) is 4.26. The number of carbonyl (C=O) groups is 2. The average Bonchev–Trinajstić information content (AvgIpc) is 2.69. The second-order valence-corrected chi connectivity index (χ2v) is 7.56. The molecule has 0 radical (unpaired) electrons. The van der Waals surface area contributed by atoms with Crippen molar-refractivity contribution in [3.8, 4) is 0 Å². The maximum absolute atomic E-state index is 13.0. The van der Waals surface area contributed by atoms with E-state index in [9.17, 15) is 27.2 Å². The lowest BCUT2D eigenvalue weighted by Crippen LogP contribution is -2.45. The van der Waals surface area contributed by atoms with Crippen LogP contribution in [0, 0.1) is 5.82 Å². The number of aliphatic imine (C=N–C) groups is 1. The monoisotopic (exact) mass is 439 g/mol. The van der Waals surface area contributed by atoms with Crippen molar-refractivity contribution in [3.05, 3.63) is 59.9 Å². The van der Waals surface area contributed by atoms with Gasteiger partial charge in [0.05, 0.1) is 11.3 Å². The van der Waals surface area contributed by atoms with Gasteiger partial charge in [0, 0.05) is 18.7 Å². The molecular formula is C20H17F4N3O2S. The maximum atomic E-state index is 13.0. The molecule has 2 aromatic rings. The van der Waals surface area contributed by atoms with Gasteiger partial charge in [-0.25, -0.2) is 9.38 Å². The number of alkyl halides is 3. The van der Waals surface area contributed by atoms with Crippen molar-refractivity contribution in [1.29, 1.82) is 0 Å². The summed E-state index contributed by atoms with van der Waals surface area (Å²) in [6, 6.07) is 9.59. The highest BCUT2D eigenvalue weighted by molar-refractivity contribution is 8.15. The minimum absolute atomic E-state index is 0.0261. The lowest BCUT2D eigenvalue weighted by Gasteiger charge is -2.31. The molecule has 1 saturated heterocycles. The van der Waals surface area contributed by atoms with Crippen molar-refractivity contribution in [2.75, 3.05) is 11.9 Å². The Morgan fingerprint density at radius 1 is 1.23 bits per heavy atom. The van der Waals surface area contributed by atoms with Crippen LogP contribution in [-0.4, -0.2) is 33.7 Å². The van der Waals surface area contributed by atoms with Gasteiger partial charge in [-0.1, -0.05) is 17.8 Å². The number of nitrogens with one attached hydrogen (secondary N) is 1. The van der Waals surface area contributed by atoms with Crippen molar-refractivity contribution >= 4 is 40.1 Å². The topological polar surface area (TPSA) is 61.8 Å². The Morgan fingerprint density at radius 2 is 1.93 bits per heavy atom. The van der Waals surface area contributed by atoms with Gasteiger partial charge in [-0.3, -0.25) is 14.5 Å². The average molecular weight is 439 g/mol. The highest BCUT2D eigenvalue weighted by atomic mass is 32.2. The van der Waals surface area contributed by atoms with Gasteiger partial charge in [-0.2, -0.15) is 13.2 Å². The number of carbonyl (C=O) groups excluding carboxylic acids is 2. The molecule has 0 spiro atoms. The Labute approximate surface area is 174 Å².